The Bertz CT molecular complexity index is 646. The minimum Gasteiger partial charge on any atom is -0.397 e. The maximum Gasteiger partial charge on any atom is 0.0711 e. The van der Waals surface area contributed by atoms with Crippen molar-refractivity contribution in [3.05, 3.63) is 42.7 Å². The average Bonchev–Trinajstić information content (AvgIpc) is 2.29. The zero-order chi connectivity index (χ0) is 10.3. The Morgan fingerprint density at radius 3 is 2.60 bits per heavy atom. The minimum absolute atomic E-state index is 0.679. The van der Waals surface area contributed by atoms with Crippen molar-refractivity contribution >= 4 is 27.5 Å². The van der Waals surface area contributed by atoms with Crippen LogP contribution in [0.25, 0.3) is 21.8 Å². The molecular weight excluding hydrogens is 186 g/mol. The number of anilines is 1. The van der Waals surface area contributed by atoms with Gasteiger partial charge in [0.15, 0.2) is 0 Å². The lowest BCUT2D eigenvalue weighted by Gasteiger charge is -2.02. The summed E-state index contributed by atoms with van der Waals surface area (Å²) in [5, 5.41) is 2.15. The molecule has 0 aliphatic carbocycles. The fourth-order valence-electron chi connectivity index (χ4n) is 1.78. The van der Waals surface area contributed by atoms with E-state index in [1.54, 1.807) is 12.4 Å². The highest BCUT2D eigenvalue weighted by atomic mass is 14.7. The van der Waals surface area contributed by atoms with Crippen molar-refractivity contribution in [1.82, 2.24) is 9.97 Å². The number of benzene rings is 1. The van der Waals surface area contributed by atoms with Gasteiger partial charge >= 0.3 is 0 Å². The molecule has 3 aromatic rings. The fraction of sp³-hybridized carbons (Fsp3) is 0. The van der Waals surface area contributed by atoms with Crippen LogP contribution in [0.2, 0.25) is 0 Å². The molecule has 3 heteroatoms. The molecule has 0 saturated heterocycles. The summed E-state index contributed by atoms with van der Waals surface area (Å²) in [5.74, 6) is 0. The summed E-state index contributed by atoms with van der Waals surface area (Å²) in [6, 6.07) is 9.83. The molecule has 2 aromatic heterocycles. The van der Waals surface area contributed by atoms with Crippen molar-refractivity contribution in [2.75, 3.05) is 5.73 Å². The monoisotopic (exact) mass is 195 g/mol. The lowest BCUT2D eigenvalue weighted by Crippen LogP contribution is -1.88. The molecule has 0 spiro atoms. The molecular formula is C12H9N3. The Hall–Kier alpha value is -2.16. The molecule has 3 rings (SSSR count). The molecule has 72 valence electrons. The van der Waals surface area contributed by atoms with E-state index in [-0.39, 0.29) is 0 Å². The maximum atomic E-state index is 5.73. The van der Waals surface area contributed by atoms with Gasteiger partial charge in [0.2, 0.25) is 0 Å². The van der Waals surface area contributed by atoms with Crippen LogP contribution in [0.1, 0.15) is 0 Å². The van der Waals surface area contributed by atoms with Crippen LogP contribution in [0, 0.1) is 0 Å². The first kappa shape index (κ1) is 8.17. The predicted molar refractivity (Wildman–Crippen MR) is 61.5 cm³/mol. The number of rotatable bonds is 0. The van der Waals surface area contributed by atoms with Crippen molar-refractivity contribution in [1.29, 1.82) is 0 Å². The lowest BCUT2D eigenvalue weighted by atomic mass is 10.1. The zero-order valence-electron chi connectivity index (χ0n) is 8.01. The van der Waals surface area contributed by atoms with Crippen LogP contribution in [-0.4, -0.2) is 9.97 Å². The molecule has 1 aromatic carbocycles. The van der Waals surface area contributed by atoms with Crippen molar-refractivity contribution in [2.45, 2.75) is 0 Å². The smallest absolute Gasteiger partial charge is 0.0711 e. The first-order chi connectivity index (χ1) is 7.34. The van der Waals surface area contributed by atoms with Gasteiger partial charge in [0.05, 0.1) is 22.9 Å². The van der Waals surface area contributed by atoms with Crippen LogP contribution in [0.4, 0.5) is 5.69 Å². The normalized spacial score (nSPS) is 10.9. The number of nitrogens with two attached hydrogens (primary N) is 1. The SMILES string of the molecule is Nc1cnc2ccc3ncccc3c2c1. The second-order valence-electron chi connectivity index (χ2n) is 3.47. The van der Waals surface area contributed by atoms with Gasteiger partial charge in [-0.2, -0.15) is 0 Å². The second-order valence-corrected chi connectivity index (χ2v) is 3.47. The third-order valence-electron chi connectivity index (χ3n) is 2.47. The summed E-state index contributed by atoms with van der Waals surface area (Å²) in [7, 11) is 0. The minimum atomic E-state index is 0.679. The van der Waals surface area contributed by atoms with Crippen molar-refractivity contribution < 1.29 is 0 Å². The van der Waals surface area contributed by atoms with Gasteiger partial charge in [-0.15, -0.1) is 0 Å². The van der Waals surface area contributed by atoms with Crippen LogP contribution in [0.3, 0.4) is 0 Å². The van der Waals surface area contributed by atoms with Gasteiger partial charge in [0.1, 0.15) is 0 Å². The molecule has 0 unspecified atom stereocenters. The van der Waals surface area contributed by atoms with Gasteiger partial charge in [0.25, 0.3) is 0 Å². The van der Waals surface area contributed by atoms with E-state index in [2.05, 4.69) is 9.97 Å². The molecule has 0 atom stereocenters. The van der Waals surface area contributed by atoms with Gasteiger partial charge < -0.3 is 5.73 Å². The Kier molecular flexibility index (Phi) is 1.59. The van der Waals surface area contributed by atoms with Crippen molar-refractivity contribution in [2.24, 2.45) is 0 Å². The highest BCUT2D eigenvalue weighted by Crippen LogP contribution is 2.23. The van der Waals surface area contributed by atoms with Gasteiger partial charge in [-0.05, 0) is 24.3 Å². The molecule has 0 fully saturated rings. The average molecular weight is 195 g/mol. The summed E-state index contributed by atoms with van der Waals surface area (Å²) in [6.07, 6.45) is 3.46. The van der Waals surface area contributed by atoms with E-state index in [1.807, 2.05) is 30.3 Å². The van der Waals surface area contributed by atoms with Crippen LogP contribution in [0.15, 0.2) is 42.7 Å². The molecule has 0 amide bonds. The van der Waals surface area contributed by atoms with Crippen LogP contribution in [-0.2, 0) is 0 Å². The number of pyridine rings is 2. The third kappa shape index (κ3) is 1.21. The fourth-order valence-corrected chi connectivity index (χ4v) is 1.78. The van der Waals surface area contributed by atoms with Crippen molar-refractivity contribution in [3.8, 4) is 0 Å². The quantitative estimate of drug-likeness (QED) is 0.560. The first-order valence-corrected chi connectivity index (χ1v) is 4.73. The van der Waals surface area contributed by atoms with Gasteiger partial charge in [-0.3, -0.25) is 9.97 Å². The van der Waals surface area contributed by atoms with E-state index in [9.17, 15) is 0 Å². The predicted octanol–water partition coefficient (Wildman–Crippen LogP) is 2.37. The van der Waals surface area contributed by atoms with E-state index in [1.165, 1.54) is 0 Å². The molecule has 15 heavy (non-hydrogen) atoms. The van der Waals surface area contributed by atoms with Crippen LogP contribution >= 0.6 is 0 Å². The summed E-state index contributed by atoms with van der Waals surface area (Å²) < 4.78 is 0. The summed E-state index contributed by atoms with van der Waals surface area (Å²) in [6.45, 7) is 0. The number of hydrogen-bond donors (Lipinski definition) is 1. The zero-order valence-corrected chi connectivity index (χ0v) is 8.01. The van der Waals surface area contributed by atoms with E-state index >= 15 is 0 Å². The second kappa shape index (κ2) is 2.92. The largest absolute Gasteiger partial charge is 0.397 e. The standard InChI is InChI=1S/C12H9N3/c13-8-6-10-9-2-1-5-14-11(9)3-4-12(10)15-7-8/h1-7H,13H2. The number of nitrogen functional groups attached to an aromatic ring is 1. The van der Waals surface area contributed by atoms with Gasteiger partial charge in [-0.25, -0.2) is 0 Å². The van der Waals surface area contributed by atoms with Gasteiger partial charge in [-0.1, -0.05) is 6.07 Å². The third-order valence-corrected chi connectivity index (χ3v) is 2.47. The molecule has 0 aliphatic heterocycles. The summed E-state index contributed by atoms with van der Waals surface area (Å²) >= 11 is 0. The highest BCUT2D eigenvalue weighted by Gasteiger charge is 2.01. The molecule has 0 aliphatic rings. The lowest BCUT2D eigenvalue weighted by molar-refractivity contribution is 1.39. The molecule has 2 heterocycles. The van der Waals surface area contributed by atoms with E-state index in [0.29, 0.717) is 5.69 Å². The maximum absolute atomic E-state index is 5.73. The Balaban J connectivity index is 2.57. The first-order valence-electron chi connectivity index (χ1n) is 4.73. The molecule has 0 bridgehead atoms. The Morgan fingerprint density at radius 1 is 0.933 bits per heavy atom. The Morgan fingerprint density at radius 2 is 1.73 bits per heavy atom. The van der Waals surface area contributed by atoms with Gasteiger partial charge in [0, 0.05) is 17.0 Å². The van der Waals surface area contributed by atoms with E-state index in [0.717, 1.165) is 21.8 Å². The number of hydrogen-bond acceptors (Lipinski definition) is 3. The molecule has 3 nitrogen and oxygen atoms in total. The van der Waals surface area contributed by atoms with E-state index in [4.69, 9.17) is 5.73 Å². The number of aromatic nitrogens is 2. The van der Waals surface area contributed by atoms with Crippen LogP contribution < -0.4 is 5.73 Å². The Labute approximate surface area is 86.6 Å². The highest BCUT2D eigenvalue weighted by molar-refractivity contribution is 6.05. The molecule has 2 N–H and O–H groups in total. The topological polar surface area (TPSA) is 51.8 Å². The molecule has 0 saturated carbocycles. The number of nitrogens with zero attached hydrogens (tertiary/aromatic N) is 2. The molecule has 0 radical (unpaired) electrons. The number of fused-ring (bicyclic) bond motifs is 3. The van der Waals surface area contributed by atoms with Crippen LogP contribution in [0.5, 0.6) is 0 Å². The summed E-state index contributed by atoms with van der Waals surface area (Å²) in [5.41, 5.74) is 8.33. The van der Waals surface area contributed by atoms with E-state index < -0.39 is 0 Å². The summed E-state index contributed by atoms with van der Waals surface area (Å²) in [4.78, 5) is 8.57. The van der Waals surface area contributed by atoms with Crippen molar-refractivity contribution in [3.63, 3.8) is 0 Å².